The second-order valence-corrected chi connectivity index (χ2v) is 5.04. The number of aromatic nitrogens is 1. The van der Waals surface area contributed by atoms with Gasteiger partial charge in [-0.15, -0.1) is 0 Å². The lowest BCUT2D eigenvalue weighted by Crippen LogP contribution is -2.02. The molecule has 0 amide bonds. The average Bonchev–Trinajstić information content (AvgIpc) is 2.84. The van der Waals surface area contributed by atoms with Crippen LogP contribution in [0, 0.1) is 0 Å². The van der Waals surface area contributed by atoms with Gasteiger partial charge in [-0.3, -0.25) is 0 Å². The summed E-state index contributed by atoms with van der Waals surface area (Å²) in [5, 5.41) is 3.29. The topological polar surface area (TPSA) is 103 Å². The van der Waals surface area contributed by atoms with Crippen molar-refractivity contribution < 1.29 is 17.7 Å². The van der Waals surface area contributed by atoms with Crippen molar-refractivity contribution in [1.82, 2.24) is 5.16 Å². The highest BCUT2D eigenvalue weighted by Gasteiger charge is 2.20. The molecule has 7 heteroatoms. The number of rotatable bonds is 2. The predicted molar refractivity (Wildman–Crippen MR) is 64.5 cm³/mol. The molecule has 96 valence electrons. The molecule has 0 unspecified atom stereocenters. The van der Waals surface area contributed by atoms with Gasteiger partial charge < -0.3 is 15.1 Å². The minimum Gasteiger partial charge on any atom is -0.399 e. The van der Waals surface area contributed by atoms with E-state index in [2.05, 4.69) is 9.68 Å². The molecule has 2 N–H and O–H groups in total. The maximum atomic E-state index is 11.8. The summed E-state index contributed by atoms with van der Waals surface area (Å²) >= 11 is 0. The molecule has 0 fully saturated rings. The molecule has 0 aliphatic heterocycles. The van der Waals surface area contributed by atoms with E-state index in [9.17, 15) is 8.42 Å². The van der Waals surface area contributed by atoms with E-state index in [0.29, 0.717) is 5.69 Å². The Morgan fingerprint density at radius 2 is 1.78 bits per heavy atom. The Balaban J connectivity index is 0.000000492. The van der Waals surface area contributed by atoms with Gasteiger partial charge >= 0.3 is 0 Å². The predicted octanol–water partition coefficient (Wildman–Crippen LogP) is 1.29. The van der Waals surface area contributed by atoms with Crippen molar-refractivity contribution in [1.29, 1.82) is 0 Å². The smallest absolute Gasteiger partial charge is 0.227 e. The highest BCUT2D eigenvalue weighted by molar-refractivity contribution is 7.91. The maximum absolute atomic E-state index is 11.8. The molecule has 1 heterocycles. The number of hydrogen-bond donors (Lipinski definition) is 1. The van der Waals surface area contributed by atoms with Crippen molar-refractivity contribution in [2.45, 2.75) is 16.8 Å². The summed E-state index contributed by atoms with van der Waals surface area (Å²) in [4.78, 5) is 8.95. The SMILES string of the molecule is CC=O.Nc1ccc(S(=O)(=O)c2ccon2)cc1. The zero-order valence-electron chi connectivity index (χ0n) is 9.61. The number of hydrogen-bond acceptors (Lipinski definition) is 6. The quantitative estimate of drug-likeness (QED) is 0.650. The third-order valence-electron chi connectivity index (χ3n) is 1.88. The highest BCUT2D eigenvalue weighted by atomic mass is 32.2. The summed E-state index contributed by atoms with van der Waals surface area (Å²) in [5.41, 5.74) is 5.97. The van der Waals surface area contributed by atoms with Gasteiger partial charge in [-0.25, -0.2) is 8.42 Å². The molecule has 2 aromatic rings. The molecule has 0 spiro atoms. The van der Waals surface area contributed by atoms with Crippen molar-refractivity contribution >= 4 is 21.8 Å². The first kappa shape index (κ1) is 13.9. The van der Waals surface area contributed by atoms with Crippen molar-refractivity contribution in [2.75, 3.05) is 5.73 Å². The van der Waals surface area contributed by atoms with Crippen LogP contribution in [-0.2, 0) is 14.6 Å². The molecule has 0 aliphatic carbocycles. The van der Waals surface area contributed by atoms with E-state index < -0.39 is 9.84 Å². The van der Waals surface area contributed by atoms with Crippen LogP contribution >= 0.6 is 0 Å². The lowest BCUT2D eigenvalue weighted by molar-refractivity contribution is -0.106. The van der Waals surface area contributed by atoms with E-state index in [-0.39, 0.29) is 9.92 Å². The van der Waals surface area contributed by atoms with Crippen molar-refractivity contribution in [3.8, 4) is 0 Å². The Labute approximate surface area is 104 Å². The van der Waals surface area contributed by atoms with Gasteiger partial charge in [0.05, 0.1) is 4.90 Å². The summed E-state index contributed by atoms with van der Waals surface area (Å²) < 4.78 is 28.2. The first-order valence-corrected chi connectivity index (χ1v) is 6.41. The molecular weight excluding hydrogens is 256 g/mol. The lowest BCUT2D eigenvalue weighted by atomic mass is 10.3. The van der Waals surface area contributed by atoms with Gasteiger partial charge in [0.25, 0.3) is 0 Å². The second-order valence-electron chi connectivity index (χ2n) is 3.15. The fourth-order valence-electron chi connectivity index (χ4n) is 1.11. The van der Waals surface area contributed by atoms with Crippen LogP contribution < -0.4 is 5.73 Å². The summed E-state index contributed by atoms with van der Waals surface area (Å²) in [7, 11) is -3.57. The summed E-state index contributed by atoms with van der Waals surface area (Å²) in [6, 6.07) is 7.20. The summed E-state index contributed by atoms with van der Waals surface area (Å²) in [6.45, 7) is 1.44. The number of nitrogen functional groups attached to an aromatic ring is 1. The maximum Gasteiger partial charge on any atom is 0.227 e. The molecule has 18 heavy (non-hydrogen) atoms. The second kappa shape index (κ2) is 5.97. The van der Waals surface area contributed by atoms with Crippen LogP contribution in [0.2, 0.25) is 0 Å². The van der Waals surface area contributed by atoms with E-state index in [1.807, 2.05) is 0 Å². The average molecular weight is 268 g/mol. The Bertz CT molecular complexity index is 588. The normalized spacial score (nSPS) is 10.3. The fourth-order valence-corrected chi connectivity index (χ4v) is 2.22. The van der Waals surface area contributed by atoms with Crippen molar-refractivity contribution in [3.63, 3.8) is 0 Å². The molecule has 2 rings (SSSR count). The zero-order chi connectivity index (χ0) is 13.6. The van der Waals surface area contributed by atoms with Crippen LogP contribution in [0.4, 0.5) is 5.69 Å². The Morgan fingerprint density at radius 3 is 2.22 bits per heavy atom. The van der Waals surface area contributed by atoms with E-state index in [1.54, 1.807) is 0 Å². The fraction of sp³-hybridized carbons (Fsp3) is 0.0909. The molecule has 0 radical (unpaired) electrons. The van der Waals surface area contributed by atoms with Crippen molar-refractivity contribution in [2.24, 2.45) is 0 Å². The monoisotopic (exact) mass is 268 g/mol. The number of carbonyl (C=O) groups is 1. The minimum absolute atomic E-state index is 0.104. The third-order valence-corrected chi connectivity index (χ3v) is 3.53. The molecule has 0 saturated heterocycles. The van der Waals surface area contributed by atoms with Gasteiger partial charge in [0.1, 0.15) is 12.5 Å². The Hall–Kier alpha value is -2.15. The van der Waals surface area contributed by atoms with E-state index in [1.165, 1.54) is 43.5 Å². The molecule has 1 aromatic heterocycles. The first-order valence-electron chi connectivity index (χ1n) is 4.93. The van der Waals surface area contributed by atoms with Crippen molar-refractivity contribution in [3.05, 3.63) is 36.6 Å². The standard InChI is InChI=1S/C9H8N2O3S.C2H4O/c10-7-1-3-8(4-2-7)15(12,13)9-5-6-14-11-9;1-2-3/h1-6H,10H2;2H,1H3. The Morgan fingerprint density at radius 1 is 1.22 bits per heavy atom. The Kier molecular flexibility index (Phi) is 4.61. The molecule has 0 bridgehead atoms. The number of benzene rings is 1. The minimum atomic E-state index is -3.57. The van der Waals surface area contributed by atoms with Crippen LogP contribution in [-0.4, -0.2) is 19.9 Å². The van der Waals surface area contributed by atoms with Gasteiger partial charge in [0.15, 0.2) is 0 Å². The molecule has 0 atom stereocenters. The number of sulfone groups is 1. The molecule has 1 aromatic carbocycles. The largest absolute Gasteiger partial charge is 0.399 e. The first-order chi connectivity index (χ1) is 8.52. The number of aldehydes is 1. The molecular formula is C11H12N2O4S. The van der Waals surface area contributed by atoms with Gasteiger partial charge in [-0.1, -0.05) is 5.16 Å². The molecule has 6 nitrogen and oxygen atoms in total. The number of nitrogens with two attached hydrogens (primary N) is 1. The molecule has 0 saturated carbocycles. The van der Waals surface area contributed by atoms with Crippen LogP contribution in [0.25, 0.3) is 0 Å². The highest BCUT2D eigenvalue weighted by Crippen LogP contribution is 2.19. The number of anilines is 1. The van der Waals surface area contributed by atoms with Crippen LogP contribution in [0.1, 0.15) is 6.92 Å². The van der Waals surface area contributed by atoms with Gasteiger partial charge in [-0.05, 0) is 31.2 Å². The number of nitrogens with zero attached hydrogens (tertiary/aromatic N) is 1. The number of carbonyl (C=O) groups excluding carboxylic acids is 1. The third kappa shape index (κ3) is 3.17. The summed E-state index contributed by atoms with van der Waals surface area (Å²) in [6.07, 6.45) is 1.96. The van der Waals surface area contributed by atoms with Gasteiger partial charge in [-0.2, -0.15) is 0 Å². The van der Waals surface area contributed by atoms with E-state index in [0.717, 1.165) is 6.29 Å². The van der Waals surface area contributed by atoms with Crippen LogP contribution in [0.3, 0.4) is 0 Å². The van der Waals surface area contributed by atoms with E-state index in [4.69, 9.17) is 10.5 Å². The summed E-state index contributed by atoms with van der Waals surface area (Å²) in [5.74, 6) is 0. The zero-order valence-corrected chi connectivity index (χ0v) is 10.4. The van der Waals surface area contributed by atoms with Crippen LogP contribution in [0.5, 0.6) is 0 Å². The van der Waals surface area contributed by atoms with E-state index >= 15 is 0 Å². The lowest BCUT2D eigenvalue weighted by Gasteiger charge is -2.00. The van der Waals surface area contributed by atoms with Crippen LogP contribution in [0.15, 0.2) is 51.0 Å². The van der Waals surface area contributed by atoms with Gasteiger partial charge in [0.2, 0.25) is 14.9 Å². The molecule has 0 aliphatic rings. The van der Waals surface area contributed by atoms with Gasteiger partial charge in [0, 0.05) is 11.8 Å².